The molecule has 1 aliphatic rings. The van der Waals surface area contributed by atoms with E-state index < -0.39 is 35.8 Å². The van der Waals surface area contributed by atoms with Crippen molar-refractivity contribution in [2.24, 2.45) is 11.7 Å². The number of nitrogens with one attached hydrogen (secondary N) is 5. The van der Waals surface area contributed by atoms with Crippen molar-refractivity contribution in [2.75, 3.05) is 13.1 Å². The molecule has 5 aromatic rings. The molecule has 0 saturated carbocycles. The third-order valence-corrected chi connectivity index (χ3v) is 9.18. The summed E-state index contributed by atoms with van der Waals surface area (Å²) in [5.74, 6) is -2.18. The number of primary amides is 1. The number of fused-ring (bicyclic) bond motifs is 2. The van der Waals surface area contributed by atoms with E-state index in [9.17, 15) is 19.2 Å². The van der Waals surface area contributed by atoms with Gasteiger partial charge >= 0.3 is 0 Å². The second-order valence-electron chi connectivity index (χ2n) is 12.6. The number of amides is 4. The molecule has 1 aliphatic heterocycles. The molecule has 4 amide bonds. The lowest BCUT2D eigenvalue weighted by atomic mass is 9.95. The molecule has 0 unspecified atom stereocenters. The maximum Gasteiger partial charge on any atom is 0.243 e. The highest BCUT2D eigenvalue weighted by Gasteiger charge is 2.32. The molecule has 11 nitrogen and oxygen atoms in total. The number of benzene rings is 3. The Labute approximate surface area is 284 Å². The number of H-pyrrole nitrogens is 1. The van der Waals surface area contributed by atoms with Crippen molar-refractivity contribution in [1.82, 2.24) is 31.2 Å². The second kappa shape index (κ2) is 15.6. The topological polar surface area (TPSA) is 171 Å². The lowest BCUT2D eigenvalue weighted by molar-refractivity contribution is -0.134. The fourth-order valence-electron chi connectivity index (χ4n) is 6.44. The van der Waals surface area contributed by atoms with Gasteiger partial charge in [-0.05, 0) is 71.6 Å². The lowest BCUT2D eigenvalue weighted by Gasteiger charge is -2.27. The van der Waals surface area contributed by atoms with E-state index in [4.69, 9.17) is 5.73 Å². The van der Waals surface area contributed by atoms with Crippen LogP contribution < -0.4 is 27.0 Å². The molecule has 0 aliphatic carbocycles. The summed E-state index contributed by atoms with van der Waals surface area (Å²) >= 11 is 0. The van der Waals surface area contributed by atoms with Gasteiger partial charge in [0, 0.05) is 54.7 Å². The van der Waals surface area contributed by atoms with E-state index in [0.717, 1.165) is 51.5 Å². The molecule has 0 spiro atoms. The van der Waals surface area contributed by atoms with Crippen molar-refractivity contribution in [3.63, 3.8) is 0 Å². The number of nitrogens with zero attached hydrogens (tertiary/aromatic N) is 1. The molecule has 1 saturated heterocycles. The Morgan fingerprint density at radius 2 is 1.39 bits per heavy atom. The monoisotopic (exact) mass is 659 g/mol. The van der Waals surface area contributed by atoms with Gasteiger partial charge in [-0.3, -0.25) is 24.2 Å². The first-order valence-corrected chi connectivity index (χ1v) is 16.7. The van der Waals surface area contributed by atoms with E-state index in [-0.39, 0.29) is 31.1 Å². The summed E-state index contributed by atoms with van der Waals surface area (Å²) in [5, 5.41) is 15.0. The number of pyridine rings is 1. The van der Waals surface area contributed by atoms with E-state index in [1.807, 2.05) is 72.9 Å². The summed E-state index contributed by atoms with van der Waals surface area (Å²) < 4.78 is 0. The van der Waals surface area contributed by atoms with Crippen molar-refractivity contribution >= 4 is 45.3 Å². The van der Waals surface area contributed by atoms with Crippen molar-refractivity contribution in [2.45, 2.75) is 50.2 Å². The standard InChI is InChI=1S/C38H41N7O4/c39-35(46)32(20-24-11-15-40-16-12-24)43-38(49)34(22-29-23-42-31-8-4-3-7-30(29)31)45-37(48)33(44-36(47)27-13-17-41-18-14-27)21-25-9-10-26-5-1-2-6-28(26)19-25/h1-12,15-16,19,23,27,32-34,41-42H,13-14,17-18,20-22H2,(H2,39,46)(H,43,49)(H,44,47)(H,45,48)/t32-,33+,34+/m0/s1. The van der Waals surface area contributed by atoms with Crippen LogP contribution in [0.1, 0.15) is 29.5 Å². The van der Waals surface area contributed by atoms with Crippen LogP contribution in [0, 0.1) is 5.92 Å². The molecule has 6 rings (SSSR count). The van der Waals surface area contributed by atoms with E-state index in [1.165, 1.54) is 0 Å². The Bertz CT molecular complexity index is 1940. The summed E-state index contributed by atoms with van der Waals surface area (Å²) in [6, 6.07) is 22.0. The number of rotatable bonds is 13. The first-order valence-electron chi connectivity index (χ1n) is 16.7. The Hall–Kier alpha value is -5.55. The van der Waals surface area contributed by atoms with Gasteiger partial charge in [-0.2, -0.15) is 0 Å². The number of piperidine rings is 1. The predicted octanol–water partition coefficient (Wildman–Crippen LogP) is 2.68. The van der Waals surface area contributed by atoms with Gasteiger partial charge in [-0.15, -0.1) is 0 Å². The molecule has 1 fully saturated rings. The molecule has 3 aromatic carbocycles. The molecule has 3 atom stereocenters. The molecule has 11 heteroatoms. The highest BCUT2D eigenvalue weighted by Crippen LogP contribution is 2.21. The smallest absolute Gasteiger partial charge is 0.243 e. The van der Waals surface area contributed by atoms with Gasteiger partial charge < -0.3 is 32.0 Å². The highest BCUT2D eigenvalue weighted by atomic mass is 16.2. The van der Waals surface area contributed by atoms with Gasteiger partial charge in [0.15, 0.2) is 0 Å². The Balaban J connectivity index is 1.27. The summed E-state index contributed by atoms with van der Waals surface area (Å²) in [7, 11) is 0. The number of hydrogen-bond donors (Lipinski definition) is 6. The van der Waals surface area contributed by atoms with Crippen LogP contribution in [0.4, 0.5) is 0 Å². The van der Waals surface area contributed by atoms with Gasteiger partial charge in [0.25, 0.3) is 0 Å². The molecule has 3 heterocycles. The number of aromatic amines is 1. The summed E-state index contributed by atoms with van der Waals surface area (Å²) in [6.45, 7) is 1.46. The van der Waals surface area contributed by atoms with Gasteiger partial charge in [-0.25, -0.2) is 0 Å². The first kappa shape index (κ1) is 33.4. The SMILES string of the molecule is NC(=O)[C@H](Cc1ccncc1)NC(=O)[C@@H](Cc1c[nH]c2ccccc12)NC(=O)[C@@H](Cc1ccc2ccccc2c1)NC(=O)C1CCNCC1. The molecule has 0 bridgehead atoms. The minimum atomic E-state index is -1.08. The summed E-state index contributed by atoms with van der Waals surface area (Å²) in [5.41, 5.74) is 9.07. The second-order valence-corrected chi connectivity index (χ2v) is 12.6. The largest absolute Gasteiger partial charge is 0.368 e. The normalized spacial score (nSPS) is 15.3. The highest BCUT2D eigenvalue weighted by molar-refractivity contribution is 5.95. The third-order valence-electron chi connectivity index (χ3n) is 9.18. The van der Waals surface area contributed by atoms with E-state index >= 15 is 0 Å². The lowest BCUT2D eigenvalue weighted by Crippen LogP contribution is -2.58. The van der Waals surface area contributed by atoms with Gasteiger partial charge in [0.1, 0.15) is 18.1 Å². The van der Waals surface area contributed by atoms with E-state index in [0.29, 0.717) is 12.8 Å². The molecular weight excluding hydrogens is 618 g/mol. The number of para-hydroxylation sites is 1. The van der Waals surface area contributed by atoms with Crippen LogP contribution >= 0.6 is 0 Å². The Morgan fingerprint density at radius 1 is 0.735 bits per heavy atom. The van der Waals surface area contributed by atoms with Crippen LogP contribution in [0.15, 0.2) is 97.5 Å². The molecule has 49 heavy (non-hydrogen) atoms. The Morgan fingerprint density at radius 3 is 2.14 bits per heavy atom. The zero-order chi connectivity index (χ0) is 34.2. The average molecular weight is 660 g/mol. The minimum Gasteiger partial charge on any atom is -0.368 e. The number of nitrogens with two attached hydrogens (primary N) is 1. The zero-order valence-corrected chi connectivity index (χ0v) is 27.2. The molecule has 7 N–H and O–H groups in total. The van der Waals surface area contributed by atoms with Crippen molar-refractivity contribution < 1.29 is 19.2 Å². The van der Waals surface area contributed by atoms with Crippen LogP contribution in [0.2, 0.25) is 0 Å². The van der Waals surface area contributed by atoms with Crippen LogP contribution in [-0.2, 0) is 38.4 Å². The van der Waals surface area contributed by atoms with Crippen LogP contribution in [-0.4, -0.2) is 64.8 Å². The molecule has 252 valence electrons. The van der Waals surface area contributed by atoms with E-state index in [2.05, 4.69) is 31.2 Å². The van der Waals surface area contributed by atoms with Crippen LogP contribution in [0.5, 0.6) is 0 Å². The maximum absolute atomic E-state index is 14.2. The fraction of sp³-hybridized carbons (Fsp3) is 0.289. The summed E-state index contributed by atoms with van der Waals surface area (Å²) in [4.78, 5) is 61.4. The zero-order valence-electron chi connectivity index (χ0n) is 27.2. The number of aromatic nitrogens is 2. The third kappa shape index (κ3) is 8.49. The molecular formula is C38H41N7O4. The van der Waals surface area contributed by atoms with E-state index in [1.54, 1.807) is 24.5 Å². The van der Waals surface area contributed by atoms with Crippen LogP contribution in [0.3, 0.4) is 0 Å². The minimum absolute atomic E-state index is 0.132. The fourth-order valence-corrected chi connectivity index (χ4v) is 6.44. The molecule has 2 aromatic heterocycles. The van der Waals surface area contributed by atoms with Crippen molar-refractivity contribution in [3.05, 3.63) is 114 Å². The van der Waals surface area contributed by atoms with Gasteiger partial charge in [0.2, 0.25) is 23.6 Å². The number of hydrogen-bond acceptors (Lipinski definition) is 6. The van der Waals surface area contributed by atoms with Crippen molar-refractivity contribution in [1.29, 1.82) is 0 Å². The average Bonchev–Trinajstić information content (AvgIpc) is 3.54. The quantitative estimate of drug-likeness (QED) is 0.114. The summed E-state index contributed by atoms with van der Waals surface area (Å²) in [6.07, 6.45) is 6.88. The molecule has 0 radical (unpaired) electrons. The predicted molar refractivity (Wildman–Crippen MR) is 188 cm³/mol. The number of carbonyl (C=O) groups is 4. The van der Waals surface area contributed by atoms with Gasteiger partial charge in [0.05, 0.1) is 0 Å². The first-order chi connectivity index (χ1) is 23.8. The van der Waals surface area contributed by atoms with Gasteiger partial charge in [-0.1, -0.05) is 60.7 Å². The Kier molecular flexibility index (Phi) is 10.6. The van der Waals surface area contributed by atoms with Crippen LogP contribution in [0.25, 0.3) is 21.7 Å². The maximum atomic E-state index is 14.2. The van der Waals surface area contributed by atoms with Crippen molar-refractivity contribution in [3.8, 4) is 0 Å². The number of carbonyl (C=O) groups excluding carboxylic acids is 4.